The summed E-state index contributed by atoms with van der Waals surface area (Å²) >= 11 is 15.4. The molecule has 0 aliphatic carbocycles. The van der Waals surface area contributed by atoms with Crippen molar-refractivity contribution in [2.24, 2.45) is 5.92 Å². The minimum atomic E-state index is -0.222. The molecule has 0 amide bonds. The number of alkyl halides is 1. The molecule has 0 saturated carbocycles. The van der Waals surface area contributed by atoms with Gasteiger partial charge in [0, 0.05) is 15.4 Å². The summed E-state index contributed by atoms with van der Waals surface area (Å²) in [7, 11) is 0. The van der Waals surface area contributed by atoms with Gasteiger partial charge in [-0.1, -0.05) is 39.7 Å². The first kappa shape index (κ1) is 15.8. The van der Waals surface area contributed by atoms with Crippen molar-refractivity contribution >= 4 is 39.1 Å². The van der Waals surface area contributed by atoms with Gasteiger partial charge in [0.15, 0.2) is 0 Å². The SMILES string of the molecule is Fc1ccc(Cl)cc1CC(CCl)Cc1ccc(Br)cc1. The van der Waals surface area contributed by atoms with Crippen LogP contribution in [0.1, 0.15) is 11.1 Å². The molecule has 1 atom stereocenters. The Morgan fingerprint density at radius 1 is 1.05 bits per heavy atom. The average Bonchev–Trinajstić information content (AvgIpc) is 2.44. The van der Waals surface area contributed by atoms with Gasteiger partial charge in [0.1, 0.15) is 5.82 Å². The van der Waals surface area contributed by atoms with Gasteiger partial charge in [0.05, 0.1) is 0 Å². The molecule has 1 unspecified atom stereocenters. The molecule has 0 N–H and O–H groups in total. The third-order valence-corrected chi connectivity index (χ3v) is 4.37. The van der Waals surface area contributed by atoms with Crippen LogP contribution in [0.25, 0.3) is 0 Å². The van der Waals surface area contributed by atoms with E-state index in [1.165, 1.54) is 11.6 Å². The Morgan fingerprint density at radius 2 is 1.75 bits per heavy atom. The van der Waals surface area contributed by atoms with Crippen LogP contribution in [-0.2, 0) is 12.8 Å². The molecule has 0 fully saturated rings. The summed E-state index contributed by atoms with van der Waals surface area (Å²) in [6, 6.07) is 12.8. The molecule has 106 valence electrons. The van der Waals surface area contributed by atoms with Crippen LogP contribution in [0.3, 0.4) is 0 Å². The van der Waals surface area contributed by atoms with E-state index in [9.17, 15) is 4.39 Å². The first-order valence-electron chi connectivity index (χ1n) is 6.33. The smallest absolute Gasteiger partial charge is 0.126 e. The Morgan fingerprint density at radius 3 is 2.40 bits per heavy atom. The standard InChI is InChI=1S/C16H14BrCl2F/c17-14-3-1-11(2-4-14)7-12(10-18)8-13-9-15(19)5-6-16(13)20/h1-6,9,12H,7-8,10H2. The van der Waals surface area contributed by atoms with E-state index in [1.807, 2.05) is 12.1 Å². The van der Waals surface area contributed by atoms with E-state index in [0.717, 1.165) is 10.9 Å². The molecule has 0 bridgehead atoms. The van der Waals surface area contributed by atoms with Gasteiger partial charge in [-0.2, -0.15) is 0 Å². The predicted molar refractivity (Wildman–Crippen MR) is 87.2 cm³/mol. The highest BCUT2D eigenvalue weighted by atomic mass is 79.9. The van der Waals surface area contributed by atoms with Crippen molar-refractivity contribution in [3.8, 4) is 0 Å². The Hall–Kier alpha value is -0.570. The van der Waals surface area contributed by atoms with E-state index in [2.05, 4.69) is 28.1 Å². The highest BCUT2D eigenvalue weighted by Crippen LogP contribution is 2.22. The Balaban J connectivity index is 2.08. The van der Waals surface area contributed by atoms with Gasteiger partial charge < -0.3 is 0 Å². The highest BCUT2D eigenvalue weighted by Gasteiger charge is 2.13. The van der Waals surface area contributed by atoms with Crippen molar-refractivity contribution in [3.63, 3.8) is 0 Å². The molecule has 0 aliphatic heterocycles. The summed E-state index contributed by atoms with van der Waals surface area (Å²) in [4.78, 5) is 0. The molecule has 20 heavy (non-hydrogen) atoms. The normalized spacial score (nSPS) is 12.4. The zero-order valence-corrected chi connectivity index (χ0v) is 13.8. The lowest BCUT2D eigenvalue weighted by molar-refractivity contribution is 0.546. The van der Waals surface area contributed by atoms with Crippen LogP contribution < -0.4 is 0 Å². The molecule has 2 aromatic carbocycles. The van der Waals surface area contributed by atoms with Crippen molar-refractivity contribution in [3.05, 3.63) is 68.9 Å². The second kappa shape index (κ2) is 7.44. The fourth-order valence-electron chi connectivity index (χ4n) is 2.15. The van der Waals surface area contributed by atoms with Crippen LogP contribution in [0.15, 0.2) is 46.9 Å². The molecule has 4 heteroatoms. The van der Waals surface area contributed by atoms with Gasteiger partial charge in [-0.05, 0) is 60.2 Å². The lowest BCUT2D eigenvalue weighted by atomic mass is 9.94. The van der Waals surface area contributed by atoms with Gasteiger partial charge >= 0.3 is 0 Å². The van der Waals surface area contributed by atoms with Crippen LogP contribution in [0.4, 0.5) is 4.39 Å². The summed E-state index contributed by atoms with van der Waals surface area (Å²) in [6.07, 6.45) is 1.41. The number of hydrogen-bond acceptors (Lipinski definition) is 0. The second-order valence-corrected chi connectivity index (χ2v) is 6.45. The zero-order valence-electron chi connectivity index (χ0n) is 10.8. The third kappa shape index (κ3) is 4.47. The van der Waals surface area contributed by atoms with E-state index in [0.29, 0.717) is 22.9 Å². The Labute approximate surface area is 137 Å². The lowest BCUT2D eigenvalue weighted by Gasteiger charge is -2.15. The molecular weight excluding hydrogens is 362 g/mol. The molecule has 0 aliphatic rings. The molecule has 2 rings (SSSR count). The zero-order chi connectivity index (χ0) is 14.5. The highest BCUT2D eigenvalue weighted by molar-refractivity contribution is 9.10. The largest absolute Gasteiger partial charge is 0.207 e. The van der Waals surface area contributed by atoms with Crippen molar-refractivity contribution in [2.45, 2.75) is 12.8 Å². The average molecular weight is 376 g/mol. The monoisotopic (exact) mass is 374 g/mol. The number of halogens is 4. The maximum Gasteiger partial charge on any atom is 0.126 e. The maximum absolute atomic E-state index is 13.8. The summed E-state index contributed by atoms with van der Waals surface area (Å²) in [6.45, 7) is 0. The summed E-state index contributed by atoms with van der Waals surface area (Å²) in [5, 5.41) is 0.554. The summed E-state index contributed by atoms with van der Waals surface area (Å²) in [5.74, 6) is 0.452. The first-order valence-corrected chi connectivity index (χ1v) is 8.03. The minimum absolute atomic E-state index is 0.186. The molecule has 2 aromatic rings. The topological polar surface area (TPSA) is 0 Å². The molecule has 0 spiro atoms. The summed E-state index contributed by atoms with van der Waals surface area (Å²) in [5.41, 5.74) is 1.82. The fraction of sp³-hybridized carbons (Fsp3) is 0.250. The van der Waals surface area contributed by atoms with E-state index >= 15 is 0 Å². The second-order valence-electron chi connectivity index (χ2n) is 4.79. The lowest BCUT2D eigenvalue weighted by Crippen LogP contribution is -2.11. The molecule has 0 aromatic heterocycles. The molecule has 0 nitrogen and oxygen atoms in total. The Bertz CT molecular complexity index is 569. The van der Waals surface area contributed by atoms with Gasteiger partial charge in [0.25, 0.3) is 0 Å². The van der Waals surface area contributed by atoms with Crippen LogP contribution >= 0.6 is 39.1 Å². The van der Waals surface area contributed by atoms with Crippen LogP contribution in [0.5, 0.6) is 0 Å². The molecule has 0 heterocycles. The minimum Gasteiger partial charge on any atom is -0.207 e. The quantitative estimate of drug-likeness (QED) is 0.572. The van der Waals surface area contributed by atoms with Crippen LogP contribution in [0, 0.1) is 11.7 Å². The molecule has 0 radical (unpaired) electrons. The van der Waals surface area contributed by atoms with Gasteiger partial charge in [0.2, 0.25) is 0 Å². The van der Waals surface area contributed by atoms with Crippen molar-refractivity contribution in [2.75, 3.05) is 5.88 Å². The first-order chi connectivity index (χ1) is 9.58. The van der Waals surface area contributed by atoms with E-state index in [4.69, 9.17) is 23.2 Å². The van der Waals surface area contributed by atoms with Crippen molar-refractivity contribution in [1.29, 1.82) is 0 Å². The third-order valence-electron chi connectivity index (χ3n) is 3.17. The summed E-state index contributed by atoms with van der Waals surface area (Å²) < 4.78 is 14.8. The number of benzene rings is 2. The molecule has 0 saturated heterocycles. The maximum atomic E-state index is 13.8. The predicted octanol–water partition coefficient (Wildman–Crippen LogP) is 5.88. The van der Waals surface area contributed by atoms with Crippen molar-refractivity contribution in [1.82, 2.24) is 0 Å². The van der Waals surface area contributed by atoms with E-state index in [1.54, 1.807) is 12.1 Å². The van der Waals surface area contributed by atoms with Crippen molar-refractivity contribution < 1.29 is 4.39 Å². The molecular formula is C16H14BrCl2F. The van der Waals surface area contributed by atoms with Gasteiger partial charge in [-0.3, -0.25) is 0 Å². The van der Waals surface area contributed by atoms with E-state index < -0.39 is 0 Å². The van der Waals surface area contributed by atoms with Crippen LogP contribution in [0.2, 0.25) is 5.02 Å². The fourth-order valence-corrected chi connectivity index (χ4v) is 2.82. The number of rotatable bonds is 5. The Kier molecular flexibility index (Phi) is 5.88. The van der Waals surface area contributed by atoms with Gasteiger partial charge in [-0.25, -0.2) is 4.39 Å². The number of hydrogen-bond donors (Lipinski definition) is 0. The van der Waals surface area contributed by atoms with Gasteiger partial charge in [-0.15, -0.1) is 11.6 Å². The van der Waals surface area contributed by atoms with E-state index in [-0.39, 0.29) is 11.7 Å². The van der Waals surface area contributed by atoms with Crippen LogP contribution in [-0.4, -0.2) is 5.88 Å².